The number of rotatable bonds is 4. The molecule has 0 spiro atoms. The van der Waals surface area contributed by atoms with Crippen molar-refractivity contribution in [3.63, 3.8) is 0 Å². The van der Waals surface area contributed by atoms with E-state index in [0.717, 1.165) is 17.2 Å². The van der Waals surface area contributed by atoms with Crippen molar-refractivity contribution in [3.8, 4) is 16.9 Å². The van der Waals surface area contributed by atoms with Gasteiger partial charge in [-0.2, -0.15) is 0 Å². The smallest absolute Gasteiger partial charge is 0.405 e. The molecule has 0 N–H and O–H groups in total. The minimum atomic E-state index is -4.82. The maximum atomic E-state index is 12.3. The Kier molecular flexibility index (Phi) is 4.54. The quantitative estimate of drug-likeness (QED) is 0.727. The summed E-state index contributed by atoms with van der Waals surface area (Å²) in [6, 6.07) is 11.7. The molecule has 2 aromatic carbocycles. The molecule has 2 rings (SSSR count). The van der Waals surface area contributed by atoms with Crippen LogP contribution in [0.1, 0.15) is 35.7 Å². The zero-order chi connectivity index (χ0) is 16.3. The van der Waals surface area contributed by atoms with Crippen LogP contribution in [0.15, 0.2) is 42.5 Å². The van der Waals surface area contributed by atoms with Gasteiger partial charge in [-0.05, 0) is 34.7 Å². The van der Waals surface area contributed by atoms with E-state index in [9.17, 15) is 18.0 Å². The first-order chi connectivity index (χ1) is 10.3. The van der Waals surface area contributed by atoms with Crippen LogP contribution >= 0.6 is 0 Å². The van der Waals surface area contributed by atoms with Gasteiger partial charge in [0.15, 0.2) is 6.29 Å². The highest BCUT2D eigenvalue weighted by Gasteiger charge is 2.32. The lowest BCUT2D eigenvalue weighted by molar-refractivity contribution is -0.274. The summed E-state index contributed by atoms with van der Waals surface area (Å²) in [4.78, 5) is 11.0. The van der Waals surface area contributed by atoms with Crippen LogP contribution in [0.3, 0.4) is 0 Å². The summed E-state index contributed by atoms with van der Waals surface area (Å²) < 4.78 is 40.7. The standard InChI is InChI=1S/C17H15F3O2/c1-11(2)12-4-3-5-13(8-12)14-6-7-16(15(9-14)10-21)22-17(18,19)20/h3-11H,1-2H3. The highest BCUT2D eigenvalue weighted by atomic mass is 19.4. The number of hydrogen-bond donors (Lipinski definition) is 0. The van der Waals surface area contributed by atoms with E-state index in [2.05, 4.69) is 18.6 Å². The maximum absolute atomic E-state index is 12.3. The Bertz CT molecular complexity index is 676. The monoisotopic (exact) mass is 308 g/mol. The minimum Gasteiger partial charge on any atom is -0.405 e. The molecule has 0 aliphatic rings. The van der Waals surface area contributed by atoms with Crippen molar-refractivity contribution in [2.75, 3.05) is 0 Å². The number of halogens is 3. The summed E-state index contributed by atoms with van der Waals surface area (Å²) in [5.74, 6) is -0.162. The van der Waals surface area contributed by atoms with Gasteiger partial charge in [0.05, 0.1) is 5.56 Å². The van der Waals surface area contributed by atoms with Crippen LogP contribution in [0.25, 0.3) is 11.1 Å². The molecule has 2 nitrogen and oxygen atoms in total. The van der Waals surface area contributed by atoms with Crippen LogP contribution in [0.2, 0.25) is 0 Å². The Morgan fingerprint density at radius 1 is 1.05 bits per heavy atom. The van der Waals surface area contributed by atoms with Gasteiger partial charge in [0, 0.05) is 0 Å². The molecular formula is C17H15F3O2. The van der Waals surface area contributed by atoms with Crippen LogP contribution in [0.4, 0.5) is 13.2 Å². The lowest BCUT2D eigenvalue weighted by Gasteiger charge is -2.13. The van der Waals surface area contributed by atoms with Gasteiger partial charge < -0.3 is 4.74 Å². The molecule has 2 aromatic rings. The molecule has 0 aromatic heterocycles. The molecule has 0 fully saturated rings. The van der Waals surface area contributed by atoms with Gasteiger partial charge in [-0.3, -0.25) is 4.79 Å². The van der Waals surface area contributed by atoms with E-state index in [0.29, 0.717) is 17.8 Å². The minimum absolute atomic E-state index is 0.134. The van der Waals surface area contributed by atoms with E-state index in [-0.39, 0.29) is 5.56 Å². The summed E-state index contributed by atoms with van der Waals surface area (Å²) in [6.45, 7) is 4.10. The number of alkyl halides is 3. The molecule has 22 heavy (non-hydrogen) atoms. The molecule has 0 bridgehead atoms. The van der Waals surface area contributed by atoms with Gasteiger partial charge in [0.1, 0.15) is 5.75 Å². The second-order valence-corrected chi connectivity index (χ2v) is 5.20. The fourth-order valence-corrected chi connectivity index (χ4v) is 2.12. The van der Waals surface area contributed by atoms with Crippen molar-refractivity contribution in [2.24, 2.45) is 0 Å². The van der Waals surface area contributed by atoms with Crippen molar-refractivity contribution in [2.45, 2.75) is 26.1 Å². The first kappa shape index (κ1) is 16.1. The average Bonchev–Trinajstić information content (AvgIpc) is 2.46. The van der Waals surface area contributed by atoms with Gasteiger partial charge in [0.2, 0.25) is 0 Å². The molecular weight excluding hydrogens is 293 g/mol. The average molecular weight is 308 g/mol. The number of carbonyl (C=O) groups excluding carboxylic acids is 1. The van der Waals surface area contributed by atoms with E-state index in [1.165, 1.54) is 12.1 Å². The number of carbonyl (C=O) groups is 1. The zero-order valence-corrected chi connectivity index (χ0v) is 12.1. The van der Waals surface area contributed by atoms with Gasteiger partial charge in [-0.15, -0.1) is 13.2 Å². The van der Waals surface area contributed by atoms with Gasteiger partial charge in [0.25, 0.3) is 0 Å². The van der Waals surface area contributed by atoms with Crippen molar-refractivity contribution >= 4 is 6.29 Å². The van der Waals surface area contributed by atoms with Crippen LogP contribution in [-0.4, -0.2) is 12.6 Å². The Hall–Kier alpha value is -2.30. The number of ether oxygens (including phenoxy) is 1. The largest absolute Gasteiger partial charge is 0.573 e. The van der Waals surface area contributed by atoms with Crippen LogP contribution in [0.5, 0.6) is 5.75 Å². The van der Waals surface area contributed by atoms with Crippen LogP contribution in [0, 0.1) is 0 Å². The molecule has 0 atom stereocenters. The number of benzene rings is 2. The van der Waals surface area contributed by atoms with E-state index >= 15 is 0 Å². The third-order valence-corrected chi connectivity index (χ3v) is 3.25. The Labute approximate surface area is 126 Å². The van der Waals surface area contributed by atoms with Crippen LogP contribution in [-0.2, 0) is 0 Å². The second kappa shape index (κ2) is 6.22. The Morgan fingerprint density at radius 3 is 2.32 bits per heavy atom. The highest BCUT2D eigenvalue weighted by Crippen LogP contribution is 2.30. The molecule has 0 amide bonds. The molecule has 0 radical (unpaired) electrons. The summed E-state index contributed by atoms with van der Waals surface area (Å²) in [6.07, 6.45) is -4.46. The molecule has 0 heterocycles. The van der Waals surface area contributed by atoms with E-state index in [1.54, 1.807) is 0 Å². The fraction of sp³-hybridized carbons (Fsp3) is 0.235. The summed E-state index contributed by atoms with van der Waals surface area (Å²) in [5, 5.41) is 0. The molecule has 0 saturated carbocycles. The molecule has 116 valence electrons. The summed E-state index contributed by atoms with van der Waals surface area (Å²) >= 11 is 0. The van der Waals surface area contributed by atoms with E-state index < -0.39 is 12.1 Å². The van der Waals surface area contributed by atoms with E-state index in [4.69, 9.17) is 0 Å². The Balaban J connectivity index is 2.41. The third kappa shape index (κ3) is 3.87. The van der Waals surface area contributed by atoms with Crippen molar-refractivity contribution in [3.05, 3.63) is 53.6 Å². The predicted octanol–water partition coefficient (Wildman–Crippen LogP) is 5.19. The van der Waals surface area contributed by atoms with Crippen molar-refractivity contribution < 1.29 is 22.7 Å². The molecule has 0 saturated heterocycles. The first-order valence-electron chi connectivity index (χ1n) is 6.75. The lowest BCUT2D eigenvalue weighted by Crippen LogP contribution is -2.18. The Morgan fingerprint density at radius 2 is 1.73 bits per heavy atom. The second-order valence-electron chi connectivity index (χ2n) is 5.20. The zero-order valence-electron chi connectivity index (χ0n) is 12.1. The van der Waals surface area contributed by atoms with Gasteiger partial charge in [-0.25, -0.2) is 0 Å². The maximum Gasteiger partial charge on any atom is 0.573 e. The fourth-order valence-electron chi connectivity index (χ4n) is 2.12. The molecule has 0 aliphatic heterocycles. The van der Waals surface area contributed by atoms with Crippen molar-refractivity contribution in [1.82, 2.24) is 0 Å². The number of hydrogen-bond acceptors (Lipinski definition) is 2. The topological polar surface area (TPSA) is 26.3 Å². The SMILES string of the molecule is CC(C)c1cccc(-c2ccc(OC(F)(F)F)c(C=O)c2)c1. The summed E-state index contributed by atoms with van der Waals surface area (Å²) in [7, 11) is 0. The lowest BCUT2D eigenvalue weighted by atomic mass is 9.96. The van der Waals surface area contributed by atoms with Crippen LogP contribution < -0.4 is 4.74 Å². The predicted molar refractivity (Wildman–Crippen MR) is 78.0 cm³/mol. The number of aldehydes is 1. The third-order valence-electron chi connectivity index (χ3n) is 3.25. The molecule has 0 unspecified atom stereocenters. The molecule has 0 aliphatic carbocycles. The highest BCUT2D eigenvalue weighted by molar-refractivity contribution is 5.83. The van der Waals surface area contributed by atoms with E-state index in [1.807, 2.05) is 24.3 Å². The van der Waals surface area contributed by atoms with Gasteiger partial charge >= 0.3 is 6.36 Å². The van der Waals surface area contributed by atoms with Gasteiger partial charge in [-0.1, -0.05) is 44.2 Å². The van der Waals surface area contributed by atoms with Crippen molar-refractivity contribution in [1.29, 1.82) is 0 Å². The summed E-state index contributed by atoms with van der Waals surface area (Å²) in [5.41, 5.74) is 2.48. The first-order valence-corrected chi connectivity index (χ1v) is 6.75. The molecule has 5 heteroatoms. The normalized spacial score (nSPS) is 11.5.